The normalized spacial score (nSPS) is 17.3. The van der Waals surface area contributed by atoms with E-state index < -0.39 is 4.33 Å². The number of alkyl halides is 2. The standard InChI is InChI=1S/C15H15Cl2N3O/c1-20-13(10-5-3-2-4-6-10)12(9-18-20)14(21)19-11-7-15(16,17)8-11/h2-6,9,11H,7-8H2,1H3,(H,19,21). The summed E-state index contributed by atoms with van der Waals surface area (Å²) in [5.41, 5.74) is 2.32. The van der Waals surface area contributed by atoms with Gasteiger partial charge in [-0.05, 0) is 0 Å². The largest absolute Gasteiger partial charge is 0.349 e. The second-order valence-corrected chi connectivity index (χ2v) is 6.97. The van der Waals surface area contributed by atoms with E-state index >= 15 is 0 Å². The number of amides is 1. The van der Waals surface area contributed by atoms with Gasteiger partial charge in [-0.15, -0.1) is 23.2 Å². The summed E-state index contributed by atoms with van der Waals surface area (Å²) in [6.07, 6.45) is 2.73. The zero-order valence-electron chi connectivity index (χ0n) is 11.5. The molecule has 1 aromatic carbocycles. The molecule has 3 rings (SSSR count). The predicted octanol–water partition coefficient (Wildman–Crippen LogP) is 3.15. The molecular formula is C15H15Cl2N3O. The summed E-state index contributed by atoms with van der Waals surface area (Å²) in [5, 5.41) is 7.15. The number of aromatic nitrogens is 2. The summed E-state index contributed by atoms with van der Waals surface area (Å²) in [6.45, 7) is 0. The Morgan fingerprint density at radius 3 is 2.62 bits per heavy atom. The number of hydrogen-bond acceptors (Lipinski definition) is 2. The Labute approximate surface area is 133 Å². The number of aryl methyl sites for hydroxylation is 1. The highest BCUT2D eigenvalue weighted by atomic mass is 35.5. The number of nitrogens with zero attached hydrogens (tertiary/aromatic N) is 2. The highest BCUT2D eigenvalue weighted by Crippen LogP contribution is 2.42. The third-order valence-electron chi connectivity index (χ3n) is 3.66. The monoisotopic (exact) mass is 323 g/mol. The van der Waals surface area contributed by atoms with Gasteiger partial charge in [0.1, 0.15) is 4.33 Å². The molecule has 0 atom stereocenters. The van der Waals surface area contributed by atoms with Crippen molar-refractivity contribution >= 4 is 29.1 Å². The minimum Gasteiger partial charge on any atom is -0.349 e. The van der Waals surface area contributed by atoms with Gasteiger partial charge in [-0.1, -0.05) is 30.3 Å². The molecule has 1 amide bonds. The van der Waals surface area contributed by atoms with Gasteiger partial charge in [0, 0.05) is 31.5 Å². The van der Waals surface area contributed by atoms with E-state index in [9.17, 15) is 4.79 Å². The Hall–Kier alpha value is -1.52. The van der Waals surface area contributed by atoms with Crippen molar-refractivity contribution < 1.29 is 4.79 Å². The minimum atomic E-state index is -0.699. The lowest BCUT2D eigenvalue weighted by Crippen LogP contribution is -2.49. The van der Waals surface area contributed by atoms with Gasteiger partial charge >= 0.3 is 0 Å². The van der Waals surface area contributed by atoms with Crippen LogP contribution in [0.2, 0.25) is 0 Å². The number of hydrogen-bond donors (Lipinski definition) is 1. The second kappa shape index (κ2) is 5.35. The first-order valence-electron chi connectivity index (χ1n) is 6.72. The van der Waals surface area contributed by atoms with Crippen molar-refractivity contribution in [1.29, 1.82) is 0 Å². The van der Waals surface area contributed by atoms with Crippen molar-refractivity contribution in [2.24, 2.45) is 7.05 Å². The number of halogens is 2. The van der Waals surface area contributed by atoms with Crippen molar-refractivity contribution in [2.45, 2.75) is 23.2 Å². The molecule has 1 aliphatic rings. The van der Waals surface area contributed by atoms with Crippen LogP contribution in [0.4, 0.5) is 0 Å². The summed E-state index contributed by atoms with van der Waals surface area (Å²) < 4.78 is 1.01. The molecular weight excluding hydrogens is 309 g/mol. The first-order valence-corrected chi connectivity index (χ1v) is 7.48. The molecule has 110 valence electrons. The zero-order chi connectivity index (χ0) is 15.0. The van der Waals surface area contributed by atoms with E-state index in [1.54, 1.807) is 10.9 Å². The molecule has 4 nitrogen and oxygen atoms in total. The third kappa shape index (κ3) is 2.92. The van der Waals surface area contributed by atoms with Crippen LogP contribution in [0.3, 0.4) is 0 Å². The number of carbonyl (C=O) groups is 1. The maximum atomic E-state index is 12.4. The molecule has 0 unspecified atom stereocenters. The van der Waals surface area contributed by atoms with Gasteiger partial charge in [0.15, 0.2) is 0 Å². The van der Waals surface area contributed by atoms with Gasteiger partial charge in [0.05, 0.1) is 17.5 Å². The lowest BCUT2D eigenvalue weighted by molar-refractivity contribution is 0.0914. The fraction of sp³-hybridized carbons (Fsp3) is 0.333. The third-order valence-corrected chi connectivity index (χ3v) is 4.27. The van der Waals surface area contributed by atoms with Crippen molar-refractivity contribution in [2.75, 3.05) is 0 Å². The second-order valence-electron chi connectivity index (χ2n) is 5.33. The molecule has 0 bridgehead atoms. The first kappa shape index (κ1) is 14.4. The van der Waals surface area contributed by atoms with Crippen LogP contribution in [-0.2, 0) is 7.05 Å². The molecule has 1 aromatic heterocycles. The van der Waals surface area contributed by atoms with Gasteiger partial charge in [-0.2, -0.15) is 5.10 Å². The first-order chi connectivity index (χ1) is 9.96. The molecule has 1 N–H and O–H groups in total. The van der Waals surface area contributed by atoms with Crippen LogP contribution >= 0.6 is 23.2 Å². The van der Waals surface area contributed by atoms with Gasteiger partial charge < -0.3 is 5.32 Å². The highest BCUT2D eigenvalue weighted by Gasteiger charge is 2.42. The molecule has 1 fully saturated rings. The lowest BCUT2D eigenvalue weighted by Gasteiger charge is -2.38. The van der Waals surface area contributed by atoms with Crippen LogP contribution in [0.5, 0.6) is 0 Å². The molecule has 1 aliphatic carbocycles. The predicted molar refractivity (Wildman–Crippen MR) is 83.6 cm³/mol. The van der Waals surface area contributed by atoms with E-state index in [0.717, 1.165) is 11.3 Å². The zero-order valence-corrected chi connectivity index (χ0v) is 13.0. The van der Waals surface area contributed by atoms with Crippen LogP contribution in [0, 0.1) is 0 Å². The summed E-state index contributed by atoms with van der Waals surface area (Å²) >= 11 is 11.9. The van der Waals surface area contributed by atoms with Crippen molar-refractivity contribution in [1.82, 2.24) is 15.1 Å². The van der Waals surface area contributed by atoms with Crippen LogP contribution in [0.1, 0.15) is 23.2 Å². The molecule has 2 aromatic rings. The molecule has 0 aliphatic heterocycles. The van der Waals surface area contributed by atoms with Gasteiger partial charge in [-0.25, -0.2) is 0 Å². The molecule has 21 heavy (non-hydrogen) atoms. The van der Waals surface area contributed by atoms with Gasteiger partial charge in [0.25, 0.3) is 5.91 Å². The number of carbonyl (C=O) groups excluding carboxylic acids is 1. The van der Waals surface area contributed by atoms with E-state index in [1.165, 1.54) is 0 Å². The summed E-state index contributed by atoms with van der Waals surface area (Å²) in [4.78, 5) is 12.4. The van der Waals surface area contributed by atoms with E-state index in [4.69, 9.17) is 23.2 Å². The van der Waals surface area contributed by atoms with Crippen LogP contribution in [0.15, 0.2) is 36.5 Å². The summed E-state index contributed by atoms with van der Waals surface area (Å²) in [5.74, 6) is -0.143. The van der Waals surface area contributed by atoms with E-state index in [0.29, 0.717) is 18.4 Å². The van der Waals surface area contributed by atoms with Gasteiger partial charge in [0.2, 0.25) is 0 Å². The quantitative estimate of drug-likeness (QED) is 0.882. The molecule has 1 saturated carbocycles. The molecule has 6 heteroatoms. The van der Waals surface area contributed by atoms with Crippen molar-refractivity contribution in [3.8, 4) is 11.3 Å². The minimum absolute atomic E-state index is 0.0244. The Balaban J connectivity index is 1.82. The SMILES string of the molecule is Cn1ncc(C(=O)NC2CC(Cl)(Cl)C2)c1-c1ccccc1. The average Bonchev–Trinajstić information content (AvgIpc) is 2.79. The smallest absolute Gasteiger partial charge is 0.255 e. The van der Waals surface area contributed by atoms with Crippen molar-refractivity contribution in [3.05, 3.63) is 42.1 Å². The van der Waals surface area contributed by atoms with E-state index in [2.05, 4.69) is 10.4 Å². The summed E-state index contributed by atoms with van der Waals surface area (Å²) in [7, 11) is 1.82. The topological polar surface area (TPSA) is 46.9 Å². The van der Waals surface area contributed by atoms with Crippen LogP contribution < -0.4 is 5.32 Å². The lowest BCUT2D eigenvalue weighted by atomic mass is 9.91. The van der Waals surface area contributed by atoms with Crippen LogP contribution in [0.25, 0.3) is 11.3 Å². The molecule has 1 heterocycles. The number of nitrogens with one attached hydrogen (secondary N) is 1. The Kier molecular flexibility index (Phi) is 3.68. The Bertz CT molecular complexity index is 659. The molecule has 0 spiro atoms. The van der Waals surface area contributed by atoms with Crippen LogP contribution in [-0.4, -0.2) is 26.1 Å². The Morgan fingerprint density at radius 1 is 1.33 bits per heavy atom. The van der Waals surface area contributed by atoms with E-state index in [-0.39, 0.29) is 11.9 Å². The maximum absolute atomic E-state index is 12.4. The number of benzene rings is 1. The molecule has 0 saturated heterocycles. The fourth-order valence-corrected chi connectivity index (χ4v) is 3.31. The van der Waals surface area contributed by atoms with Gasteiger partial charge in [-0.3, -0.25) is 9.48 Å². The fourth-order valence-electron chi connectivity index (χ4n) is 2.57. The average molecular weight is 324 g/mol. The maximum Gasteiger partial charge on any atom is 0.255 e. The number of rotatable bonds is 3. The van der Waals surface area contributed by atoms with Crippen molar-refractivity contribution in [3.63, 3.8) is 0 Å². The van der Waals surface area contributed by atoms with E-state index in [1.807, 2.05) is 37.4 Å². The highest BCUT2D eigenvalue weighted by molar-refractivity contribution is 6.49. The molecule has 0 radical (unpaired) electrons. The summed E-state index contributed by atoms with van der Waals surface area (Å²) in [6, 6.07) is 9.75. The Morgan fingerprint density at radius 2 is 2.00 bits per heavy atom.